The van der Waals surface area contributed by atoms with Gasteiger partial charge >= 0.3 is 0 Å². The van der Waals surface area contributed by atoms with Gasteiger partial charge < -0.3 is 4.74 Å². The van der Waals surface area contributed by atoms with Gasteiger partial charge in [0.15, 0.2) is 0 Å². The molecular formula is C21H17N3O3. The van der Waals surface area contributed by atoms with Gasteiger partial charge in [-0.3, -0.25) is 14.5 Å². The van der Waals surface area contributed by atoms with Crippen molar-refractivity contribution in [3.63, 3.8) is 0 Å². The molecule has 0 amide bonds. The topological polar surface area (TPSA) is 69.7 Å². The van der Waals surface area contributed by atoms with E-state index in [0.717, 1.165) is 22.6 Å². The first-order valence-corrected chi connectivity index (χ1v) is 8.50. The molecule has 27 heavy (non-hydrogen) atoms. The van der Waals surface area contributed by atoms with Crippen molar-refractivity contribution in [1.82, 2.24) is 9.38 Å². The minimum Gasteiger partial charge on any atom is -0.489 e. The Bertz CT molecular complexity index is 1100. The minimum atomic E-state index is -0.417. The Balaban J connectivity index is 1.50. The molecule has 0 radical (unpaired) electrons. The number of imidazole rings is 1. The Kier molecular flexibility index (Phi) is 4.30. The molecule has 0 bridgehead atoms. The van der Waals surface area contributed by atoms with Crippen LogP contribution in [0.5, 0.6) is 5.75 Å². The van der Waals surface area contributed by atoms with Gasteiger partial charge in [-0.25, -0.2) is 4.98 Å². The van der Waals surface area contributed by atoms with Gasteiger partial charge in [-0.1, -0.05) is 29.8 Å². The molecule has 0 aliphatic carbocycles. The summed E-state index contributed by atoms with van der Waals surface area (Å²) < 4.78 is 7.49. The summed E-state index contributed by atoms with van der Waals surface area (Å²) in [4.78, 5) is 15.0. The number of rotatable bonds is 5. The lowest BCUT2D eigenvalue weighted by molar-refractivity contribution is -0.385. The lowest BCUT2D eigenvalue weighted by Gasteiger charge is -2.07. The highest BCUT2D eigenvalue weighted by Crippen LogP contribution is 2.24. The lowest BCUT2D eigenvalue weighted by Crippen LogP contribution is -1.95. The molecule has 0 N–H and O–H groups in total. The van der Waals surface area contributed by atoms with E-state index < -0.39 is 4.92 Å². The second-order valence-corrected chi connectivity index (χ2v) is 6.33. The number of fused-ring (bicyclic) bond motifs is 1. The van der Waals surface area contributed by atoms with E-state index in [-0.39, 0.29) is 5.69 Å². The normalized spacial score (nSPS) is 10.9. The molecule has 6 heteroatoms. The van der Waals surface area contributed by atoms with E-state index in [4.69, 9.17) is 4.74 Å². The van der Waals surface area contributed by atoms with Crippen LogP contribution in [0.25, 0.3) is 16.9 Å². The van der Waals surface area contributed by atoms with Gasteiger partial charge in [-0.15, -0.1) is 0 Å². The molecule has 4 aromatic rings. The fourth-order valence-electron chi connectivity index (χ4n) is 2.80. The average Bonchev–Trinajstić information content (AvgIpc) is 3.11. The van der Waals surface area contributed by atoms with Crippen molar-refractivity contribution in [2.24, 2.45) is 0 Å². The minimum absolute atomic E-state index is 0.0336. The number of hydrogen-bond acceptors (Lipinski definition) is 4. The molecule has 0 fully saturated rings. The fourth-order valence-corrected chi connectivity index (χ4v) is 2.80. The highest BCUT2D eigenvalue weighted by molar-refractivity contribution is 5.63. The SMILES string of the molecule is Cc1ccc(COc2ccc(-c3cn4cc([N+](=O)[O-])ccc4n3)cc2)cc1. The number of ether oxygens (including phenoxy) is 1. The van der Waals surface area contributed by atoms with Gasteiger partial charge in [-0.2, -0.15) is 0 Å². The smallest absolute Gasteiger partial charge is 0.286 e. The summed E-state index contributed by atoms with van der Waals surface area (Å²) in [7, 11) is 0. The number of benzene rings is 2. The summed E-state index contributed by atoms with van der Waals surface area (Å²) in [6.45, 7) is 2.57. The molecule has 6 nitrogen and oxygen atoms in total. The number of nitro groups is 1. The zero-order valence-corrected chi connectivity index (χ0v) is 14.7. The van der Waals surface area contributed by atoms with Gasteiger partial charge in [-0.05, 0) is 42.8 Å². The van der Waals surface area contributed by atoms with Crippen LogP contribution in [0, 0.1) is 17.0 Å². The van der Waals surface area contributed by atoms with Crippen molar-refractivity contribution >= 4 is 11.3 Å². The van der Waals surface area contributed by atoms with Crippen LogP contribution in [0.4, 0.5) is 5.69 Å². The second kappa shape index (κ2) is 6.92. The first-order chi connectivity index (χ1) is 13.1. The van der Waals surface area contributed by atoms with Crippen LogP contribution < -0.4 is 4.74 Å². The van der Waals surface area contributed by atoms with Gasteiger partial charge in [0.1, 0.15) is 18.0 Å². The number of nitrogens with zero attached hydrogens (tertiary/aromatic N) is 3. The Morgan fingerprint density at radius 1 is 1.00 bits per heavy atom. The van der Waals surface area contributed by atoms with Crippen LogP contribution in [0.2, 0.25) is 0 Å². The van der Waals surface area contributed by atoms with Crippen LogP contribution in [0.3, 0.4) is 0 Å². The predicted octanol–water partition coefficient (Wildman–Crippen LogP) is 4.80. The molecule has 0 unspecified atom stereocenters. The maximum absolute atomic E-state index is 10.9. The zero-order valence-electron chi connectivity index (χ0n) is 14.7. The summed E-state index contributed by atoms with van der Waals surface area (Å²) in [5.41, 5.74) is 4.71. The Morgan fingerprint density at radius 3 is 2.44 bits per heavy atom. The van der Waals surface area contributed by atoms with E-state index in [1.165, 1.54) is 17.8 Å². The highest BCUT2D eigenvalue weighted by atomic mass is 16.6. The lowest BCUT2D eigenvalue weighted by atomic mass is 10.1. The van der Waals surface area contributed by atoms with Crippen molar-refractivity contribution in [3.8, 4) is 17.0 Å². The van der Waals surface area contributed by atoms with E-state index >= 15 is 0 Å². The van der Waals surface area contributed by atoms with Gasteiger partial charge in [0.05, 0.1) is 16.8 Å². The third-order valence-corrected chi connectivity index (χ3v) is 4.32. The molecule has 0 aliphatic rings. The summed E-state index contributed by atoms with van der Waals surface area (Å²) in [5.74, 6) is 0.777. The third kappa shape index (κ3) is 3.64. The standard InChI is InChI=1S/C21H17N3O3/c1-15-2-4-16(5-3-15)14-27-19-9-6-17(7-10-19)20-13-23-12-18(24(25)26)8-11-21(23)22-20/h2-13H,14H2,1H3. The first kappa shape index (κ1) is 16.8. The van der Waals surface area contributed by atoms with Crippen molar-refractivity contribution in [3.05, 3.63) is 94.3 Å². The van der Waals surface area contributed by atoms with E-state index in [1.807, 2.05) is 24.3 Å². The van der Waals surface area contributed by atoms with Crippen LogP contribution >= 0.6 is 0 Å². The summed E-state index contributed by atoms with van der Waals surface area (Å²) >= 11 is 0. The van der Waals surface area contributed by atoms with E-state index in [1.54, 1.807) is 16.7 Å². The largest absolute Gasteiger partial charge is 0.489 e. The van der Waals surface area contributed by atoms with Gasteiger partial charge in [0.25, 0.3) is 5.69 Å². The van der Waals surface area contributed by atoms with Crippen LogP contribution in [0.1, 0.15) is 11.1 Å². The summed E-state index contributed by atoms with van der Waals surface area (Å²) in [6, 6.07) is 19.0. The van der Waals surface area contributed by atoms with Crippen LogP contribution in [0.15, 0.2) is 73.1 Å². The summed E-state index contributed by atoms with van der Waals surface area (Å²) in [6.07, 6.45) is 3.25. The third-order valence-electron chi connectivity index (χ3n) is 4.32. The molecule has 0 atom stereocenters. The van der Waals surface area contributed by atoms with Gasteiger partial charge in [0.2, 0.25) is 0 Å². The molecule has 0 aliphatic heterocycles. The number of pyridine rings is 1. The van der Waals surface area contributed by atoms with Crippen LogP contribution in [-0.2, 0) is 6.61 Å². The molecule has 0 saturated carbocycles. The van der Waals surface area contributed by atoms with E-state index in [9.17, 15) is 10.1 Å². The first-order valence-electron chi connectivity index (χ1n) is 8.50. The van der Waals surface area contributed by atoms with E-state index in [0.29, 0.717) is 12.3 Å². The molecule has 134 valence electrons. The monoisotopic (exact) mass is 359 g/mol. The number of hydrogen-bond donors (Lipinski definition) is 0. The molecule has 2 aromatic heterocycles. The molecular weight excluding hydrogens is 342 g/mol. The zero-order chi connectivity index (χ0) is 18.8. The molecule has 4 rings (SSSR count). The van der Waals surface area contributed by atoms with Crippen molar-refractivity contribution in [2.45, 2.75) is 13.5 Å². The summed E-state index contributed by atoms with van der Waals surface area (Å²) in [5, 5.41) is 10.9. The van der Waals surface area contributed by atoms with Crippen LogP contribution in [-0.4, -0.2) is 14.3 Å². The van der Waals surface area contributed by atoms with Crippen molar-refractivity contribution < 1.29 is 9.66 Å². The predicted molar refractivity (Wildman–Crippen MR) is 103 cm³/mol. The Hall–Kier alpha value is -3.67. The Morgan fingerprint density at radius 2 is 1.74 bits per heavy atom. The quantitative estimate of drug-likeness (QED) is 0.379. The fraction of sp³-hybridized carbons (Fsp3) is 0.0952. The number of aryl methyl sites for hydroxylation is 1. The van der Waals surface area contributed by atoms with Crippen molar-refractivity contribution in [1.29, 1.82) is 0 Å². The van der Waals surface area contributed by atoms with Gasteiger partial charge in [0, 0.05) is 17.8 Å². The highest BCUT2D eigenvalue weighted by Gasteiger charge is 2.09. The molecule has 2 heterocycles. The van der Waals surface area contributed by atoms with Crippen molar-refractivity contribution in [2.75, 3.05) is 0 Å². The number of aromatic nitrogens is 2. The molecule has 0 spiro atoms. The molecule has 2 aromatic carbocycles. The average molecular weight is 359 g/mol. The molecule has 0 saturated heterocycles. The maximum Gasteiger partial charge on any atom is 0.286 e. The Labute approximate surface area is 155 Å². The maximum atomic E-state index is 10.9. The van der Waals surface area contributed by atoms with E-state index in [2.05, 4.69) is 36.2 Å². The second-order valence-electron chi connectivity index (χ2n) is 6.33.